The molecule has 8 heteroatoms. The van der Waals surface area contributed by atoms with E-state index in [4.69, 9.17) is 9.15 Å². The van der Waals surface area contributed by atoms with Crippen LogP contribution in [0.5, 0.6) is 0 Å². The topological polar surface area (TPSA) is 92.0 Å². The van der Waals surface area contributed by atoms with E-state index in [1.165, 1.54) is 19.1 Å². The fourth-order valence-corrected chi connectivity index (χ4v) is 4.35. The predicted octanol–water partition coefficient (Wildman–Crippen LogP) is 2.74. The van der Waals surface area contributed by atoms with Crippen LogP contribution in [0.3, 0.4) is 0 Å². The number of nitrogens with one attached hydrogen (secondary N) is 1. The van der Waals surface area contributed by atoms with E-state index in [0.29, 0.717) is 43.7 Å². The third kappa shape index (κ3) is 4.50. The standard InChI is InChI=1S/C23H27FN2O5/c1-15(27)25-20-13-23(30-14-22(20,2)29)9-11-26(12-10-23)21(28)19-8-7-18(31-19)16-3-5-17(24)6-4-16/h3-8,20,29H,9-14H2,1-2H3,(H,25,27)/t20-,22-/m0/s1. The summed E-state index contributed by atoms with van der Waals surface area (Å²) in [6.45, 7) is 4.20. The first-order valence-electron chi connectivity index (χ1n) is 10.5. The van der Waals surface area contributed by atoms with Crippen molar-refractivity contribution in [1.82, 2.24) is 10.2 Å². The van der Waals surface area contributed by atoms with Gasteiger partial charge in [0.1, 0.15) is 17.2 Å². The molecule has 0 bridgehead atoms. The van der Waals surface area contributed by atoms with Gasteiger partial charge in [-0.25, -0.2) is 4.39 Å². The molecule has 0 radical (unpaired) electrons. The highest BCUT2D eigenvalue weighted by Crippen LogP contribution is 2.38. The summed E-state index contributed by atoms with van der Waals surface area (Å²) < 4.78 is 24.9. The molecule has 2 N–H and O–H groups in total. The first-order chi connectivity index (χ1) is 14.7. The van der Waals surface area contributed by atoms with E-state index in [-0.39, 0.29) is 30.0 Å². The number of nitrogens with zero attached hydrogens (tertiary/aromatic N) is 1. The van der Waals surface area contributed by atoms with Crippen molar-refractivity contribution in [1.29, 1.82) is 0 Å². The molecule has 1 aromatic heterocycles. The molecule has 3 heterocycles. The summed E-state index contributed by atoms with van der Waals surface area (Å²) in [6.07, 6.45) is 1.71. The number of aliphatic hydroxyl groups is 1. The maximum absolute atomic E-state index is 13.1. The van der Waals surface area contributed by atoms with Gasteiger partial charge >= 0.3 is 0 Å². The maximum Gasteiger partial charge on any atom is 0.289 e. The molecule has 0 unspecified atom stereocenters. The number of hydrogen-bond donors (Lipinski definition) is 2. The zero-order valence-electron chi connectivity index (χ0n) is 17.7. The average molecular weight is 430 g/mol. The summed E-state index contributed by atoms with van der Waals surface area (Å²) in [5.41, 5.74) is -0.909. The van der Waals surface area contributed by atoms with Gasteiger partial charge in [-0.3, -0.25) is 9.59 Å². The van der Waals surface area contributed by atoms with Crippen molar-refractivity contribution in [2.45, 2.75) is 50.4 Å². The quantitative estimate of drug-likeness (QED) is 0.781. The molecule has 166 valence electrons. The van der Waals surface area contributed by atoms with Crippen molar-refractivity contribution in [3.8, 4) is 11.3 Å². The molecular formula is C23H27FN2O5. The van der Waals surface area contributed by atoms with Crippen molar-refractivity contribution < 1.29 is 28.2 Å². The molecule has 0 aliphatic carbocycles. The Kier molecular flexibility index (Phi) is 5.61. The Morgan fingerprint density at radius 1 is 1.16 bits per heavy atom. The molecule has 2 aliphatic rings. The molecule has 2 atom stereocenters. The third-order valence-electron chi connectivity index (χ3n) is 6.28. The van der Waals surface area contributed by atoms with Gasteiger partial charge in [-0.15, -0.1) is 0 Å². The van der Waals surface area contributed by atoms with Crippen LogP contribution in [0.25, 0.3) is 11.3 Å². The second-order valence-electron chi connectivity index (χ2n) is 8.75. The number of carbonyl (C=O) groups is 2. The Morgan fingerprint density at radius 3 is 2.48 bits per heavy atom. The van der Waals surface area contributed by atoms with Crippen LogP contribution < -0.4 is 5.32 Å². The lowest BCUT2D eigenvalue weighted by Crippen LogP contribution is -2.63. The number of rotatable bonds is 3. The number of piperidine rings is 1. The van der Waals surface area contributed by atoms with Crippen LogP contribution in [0, 0.1) is 5.82 Å². The number of likely N-dealkylation sites (tertiary alicyclic amines) is 1. The van der Waals surface area contributed by atoms with E-state index in [1.807, 2.05) is 0 Å². The number of hydrogen-bond acceptors (Lipinski definition) is 5. The Balaban J connectivity index is 1.40. The summed E-state index contributed by atoms with van der Waals surface area (Å²) in [5.74, 6) is 0.0156. The highest BCUT2D eigenvalue weighted by atomic mass is 19.1. The summed E-state index contributed by atoms with van der Waals surface area (Å²) in [6, 6.07) is 8.84. The van der Waals surface area contributed by atoms with Crippen molar-refractivity contribution in [2.24, 2.45) is 0 Å². The number of furan rings is 1. The van der Waals surface area contributed by atoms with E-state index < -0.39 is 17.2 Å². The number of halogens is 1. The molecule has 4 rings (SSSR count). The smallest absolute Gasteiger partial charge is 0.289 e. The van der Waals surface area contributed by atoms with Crippen LogP contribution in [0.2, 0.25) is 0 Å². The van der Waals surface area contributed by atoms with Gasteiger partial charge in [0.2, 0.25) is 5.91 Å². The first-order valence-corrected chi connectivity index (χ1v) is 10.5. The van der Waals surface area contributed by atoms with Gasteiger partial charge in [0.25, 0.3) is 5.91 Å². The van der Waals surface area contributed by atoms with Gasteiger partial charge in [-0.1, -0.05) is 0 Å². The second-order valence-corrected chi connectivity index (χ2v) is 8.75. The van der Waals surface area contributed by atoms with E-state index in [9.17, 15) is 19.1 Å². The summed E-state index contributed by atoms with van der Waals surface area (Å²) in [4.78, 5) is 26.2. The molecule has 7 nitrogen and oxygen atoms in total. The molecule has 31 heavy (non-hydrogen) atoms. The first kappa shape index (κ1) is 21.5. The van der Waals surface area contributed by atoms with Crippen LogP contribution >= 0.6 is 0 Å². The second kappa shape index (κ2) is 8.09. The van der Waals surface area contributed by atoms with E-state index >= 15 is 0 Å². The zero-order chi connectivity index (χ0) is 22.2. The molecule has 1 aromatic carbocycles. The Bertz CT molecular complexity index is 961. The van der Waals surface area contributed by atoms with Crippen molar-refractivity contribution >= 4 is 11.8 Å². The predicted molar refractivity (Wildman–Crippen MR) is 111 cm³/mol. The highest BCUT2D eigenvalue weighted by Gasteiger charge is 2.49. The minimum Gasteiger partial charge on any atom is -0.451 e. The molecule has 0 saturated carbocycles. The molecule has 1 spiro atoms. The van der Waals surface area contributed by atoms with E-state index in [1.54, 1.807) is 36.1 Å². The third-order valence-corrected chi connectivity index (χ3v) is 6.28. The summed E-state index contributed by atoms with van der Waals surface area (Å²) in [7, 11) is 0. The van der Waals surface area contributed by atoms with Crippen LogP contribution in [0.15, 0.2) is 40.8 Å². The van der Waals surface area contributed by atoms with Gasteiger partial charge < -0.3 is 24.5 Å². The van der Waals surface area contributed by atoms with E-state index in [2.05, 4.69) is 5.32 Å². The Morgan fingerprint density at radius 2 is 1.84 bits per heavy atom. The van der Waals surface area contributed by atoms with Gasteiger partial charge in [0.15, 0.2) is 5.76 Å². The molecule has 2 amide bonds. The molecular weight excluding hydrogens is 403 g/mol. The lowest BCUT2D eigenvalue weighted by atomic mass is 9.77. The fraction of sp³-hybridized carbons (Fsp3) is 0.478. The van der Waals surface area contributed by atoms with Crippen LogP contribution in [0.1, 0.15) is 43.7 Å². The lowest BCUT2D eigenvalue weighted by molar-refractivity contribution is -0.191. The summed E-state index contributed by atoms with van der Waals surface area (Å²) >= 11 is 0. The molecule has 2 aliphatic heterocycles. The van der Waals surface area contributed by atoms with Crippen LogP contribution in [-0.2, 0) is 9.53 Å². The number of amides is 2. The monoisotopic (exact) mass is 430 g/mol. The van der Waals surface area contributed by atoms with Gasteiger partial charge in [-0.05, 0) is 62.6 Å². The van der Waals surface area contributed by atoms with Gasteiger partial charge in [0.05, 0.1) is 18.2 Å². The van der Waals surface area contributed by atoms with Crippen LogP contribution in [-0.4, -0.2) is 58.8 Å². The highest BCUT2D eigenvalue weighted by molar-refractivity contribution is 5.92. The largest absolute Gasteiger partial charge is 0.451 e. The number of carbonyl (C=O) groups excluding carboxylic acids is 2. The van der Waals surface area contributed by atoms with Crippen LogP contribution in [0.4, 0.5) is 4.39 Å². The van der Waals surface area contributed by atoms with Crippen molar-refractivity contribution in [3.05, 3.63) is 48.0 Å². The number of ether oxygens (including phenoxy) is 1. The Labute approximate surface area is 180 Å². The van der Waals surface area contributed by atoms with Gasteiger partial charge in [-0.2, -0.15) is 0 Å². The minimum atomic E-state index is -1.13. The fourth-order valence-electron chi connectivity index (χ4n) is 4.35. The molecule has 2 saturated heterocycles. The van der Waals surface area contributed by atoms with Crippen molar-refractivity contribution in [2.75, 3.05) is 19.7 Å². The number of benzene rings is 1. The van der Waals surface area contributed by atoms with E-state index in [0.717, 1.165) is 0 Å². The van der Waals surface area contributed by atoms with Gasteiger partial charge in [0, 0.05) is 25.6 Å². The Hall–Kier alpha value is -2.71. The summed E-state index contributed by atoms with van der Waals surface area (Å²) in [5, 5.41) is 13.4. The normalized spacial score (nSPS) is 25.4. The zero-order valence-corrected chi connectivity index (χ0v) is 17.7. The minimum absolute atomic E-state index is 0.130. The molecule has 2 fully saturated rings. The average Bonchev–Trinajstić information content (AvgIpc) is 3.22. The lowest BCUT2D eigenvalue weighted by Gasteiger charge is -2.50. The van der Waals surface area contributed by atoms with Crippen molar-refractivity contribution in [3.63, 3.8) is 0 Å². The molecule has 2 aromatic rings. The maximum atomic E-state index is 13.1. The SMILES string of the molecule is CC(=O)N[C@H]1CC2(CCN(C(=O)c3ccc(-c4ccc(F)cc4)o3)CC2)OC[C@]1(C)O.